The van der Waals surface area contributed by atoms with Crippen LogP contribution in [0.15, 0.2) is 67.0 Å². The maximum atomic E-state index is 11.9. The summed E-state index contributed by atoms with van der Waals surface area (Å²) in [5.74, 6) is 0.279. The maximum Gasteiger partial charge on any atom is 0.295 e. The summed E-state index contributed by atoms with van der Waals surface area (Å²) < 4.78 is 0. The Bertz CT molecular complexity index is 933. The molecule has 136 valence electrons. The highest BCUT2D eigenvalue weighted by Crippen LogP contribution is 2.28. The van der Waals surface area contributed by atoms with Crippen LogP contribution in [0, 0.1) is 10.1 Å². The molecule has 2 aromatic heterocycles. The molecule has 0 aliphatic rings. The molecule has 0 spiro atoms. The highest BCUT2D eigenvalue weighted by Gasteiger charge is 2.17. The second kappa shape index (κ2) is 8.52. The topological polar surface area (TPSA) is 110 Å². The van der Waals surface area contributed by atoms with Gasteiger partial charge in [-0.15, -0.1) is 0 Å². The van der Waals surface area contributed by atoms with E-state index in [2.05, 4.69) is 20.6 Å². The second-order valence-corrected chi connectivity index (χ2v) is 5.61. The van der Waals surface area contributed by atoms with Crippen molar-refractivity contribution < 1.29 is 9.72 Å². The molecule has 1 amide bonds. The summed E-state index contributed by atoms with van der Waals surface area (Å²) in [6.07, 6.45) is 3.09. The number of benzene rings is 1. The monoisotopic (exact) mass is 363 g/mol. The summed E-state index contributed by atoms with van der Waals surface area (Å²) >= 11 is 0. The molecule has 2 heterocycles. The number of aromatic nitrogens is 2. The van der Waals surface area contributed by atoms with E-state index in [-0.39, 0.29) is 11.6 Å². The average molecular weight is 363 g/mol. The van der Waals surface area contributed by atoms with Crippen LogP contribution >= 0.6 is 0 Å². The molecular formula is C19H17N5O3. The third-order valence-corrected chi connectivity index (χ3v) is 3.76. The van der Waals surface area contributed by atoms with Crippen LogP contribution in [0.3, 0.4) is 0 Å². The van der Waals surface area contributed by atoms with Crippen LogP contribution in [0.4, 0.5) is 11.5 Å². The maximum absolute atomic E-state index is 11.9. The smallest absolute Gasteiger partial charge is 0.295 e. The predicted octanol–water partition coefficient (Wildman–Crippen LogP) is 2.89. The normalized spacial score (nSPS) is 10.2. The van der Waals surface area contributed by atoms with E-state index < -0.39 is 4.92 Å². The number of amides is 1. The van der Waals surface area contributed by atoms with Gasteiger partial charge in [-0.25, -0.2) is 4.98 Å². The number of carbonyl (C=O) groups excluding carboxylic acids is 1. The minimum absolute atomic E-state index is 0.0587. The molecule has 0 saturated carbocycles. The van der Waals surface area contributed by atoms with Crippen molar-refractivity contribution >= 4 is 17.4 Å². The van der Waals surface area contributed by atoms with Gasteiger partial charge in [0.05, 0.1) is 10.5 Å². The molecular weight excluding hydrogens is 346 g/mol. The first-order valence-electron chi connectivity index (χ1n) is 8.28. The molecule has 3 rings (SSSR count). The Hall–Kier alpha value is -3.81. The number of hydrogen-bond donors (Lipinski definition) is 2. The first-order chi connectivity index (χ1) is 13.1. The van der Waals surface area contributed by atoms with Gasteiger partial charge < -0.3 is 10.6 Å². The van der Waals surface area contributed by atoms with Crippen LogP contribution in [0.5, 0.6) is 0 Å². The Morgan fingerprint density at radius 3 is 2.56 bits per heavy atom. The SMILES string of the molecule is O=C(NCCNc1ccc([N+](=O)[O-])c(-c2ccccc2)n1)c1cccnc1. The molecule has 27 heavy (non-hydrogen) atoms. The minimum Gasteiger partial charge on any atom is -0.368 e. The number of hydrogen-bond acceptors (Lipinski definition) is 6. The van der Waals surface area contributed by atoms with E-state index in [1.807, 2.05) is 6.07 Å². The molecule has 1 aromatic carbocycles. The lowest BCUT2D eigenvalue weighted by atomic mass is 10.1. The van der Waals surface area contributed by atoms with Gasteiger partial charge in [-0.1, -0.05) is 30.3 Å². The summed E-state index contributed by atoms with van der Waals surface area (Å²) in [5, 5.41) is 17.1. The van der Waals surface area contributed by atoms with Gasteiger partial charge in [0, 0.05) is 37.1 Å². The van der Waals surface area contributed by atoms with Crippen LogP contribution in [0.2, 0.25) is 0 Å². The van der Waals surface area contributed by atoms with Crippen LogP contribution < -0.4 is 10.6 Å². The summed E-state index contributed by atoms with van der Waals surface area (Å²) in [6.45, 7) is 0.790. The minimum atomic E-state index is -0.451. The number of rotatable bonds is 7. The summed E-state index contributed by atoms with van der Waals surface area (Å²) in [6, 6.07) is 15.3. The summed E-state index contributed by atoms with van der Waals surface area (Å²) in [4.78, 5) is 31.0. The molecule has 3 aromatic rings. The Morgan fingerprint density at radius 1 is 1.04 bits per heavy atom. The Balaban J connectivity index is 1.64. The zero-order chi connectivity index (χ0) is 19.1. The van der Waals surface area contributed by atoms with Crippen LogP contribution in [-0.2, 0) is 0 Å². The van der Waals surface area contributed by atoms with Crippen molar-refractivity contribution in [1.82, 2.24) is 15.3 Å². The Kier molecular flexibility index (Phi) is 5.68. The van der Waals surface area contributed by atoms with Gasteiger partial charge in [-0.05, 0) is 18.2 Å². The van der Waals surface area contributed by atoms with Crippen LogP contribution in [0.1, 0.15) is 10.4 Å². The van der Waals surface area contributed by atoms with E-state index in [0.717, 1.165) is 0 Å². The molecule has 2 N–H and O–H groups in total. The van der Waals surface area contributed by atoms with Gasteiger partial charge in [-0.2, -0.15) is 0 Å². The van der Waals surface area contributed by atoms with Gasteiger partial charge in [0.2, 0.25) is 0 Å². The van der Waals surface area contributed by atoms with E-state index in [9.17, 15) is 14.9 Å². The van der Waals surface area contributed by atoms with Gasteiger partial charge in [0.25, 0.3) is 11.6 Å². The van der Waals surface area contributed by atoms with Gasteiger partial charge in [-0.3, -0.25) is 19.9 Å². The second-order valence-electron chi connectivity index (χ2n) is 5.61. The Morgan fingerprint density at radius 2 is 1.85 bits per heavy atom. The molecule has 0 atom stereocenters. The third-order valence-electron chi connectivity index (χ3n) is 3.76. The van der Waals surface area contributed by atoms with Gasteiger partial charge in [0.1, 0.15) is 5.82 Å². The number of nitro groups is 1. The first kappa shape index (κ1) is 18.0. The lowest BCUT2D eigenvalue weighted by Crippen LogP contribution is -2.28. The summed E-state index contributed by atoms with van der Waals surface area (Å²) in [5.41, 5.74) is 1.39. The largest absolute Gasteiger partial charge is 0.368 e. The molecule has 0 bridgehead atoms. The number of anilines is 1. The van der Waals surface area contributed by atoms with Crippen molar-refractivity contribution in [3.63, 3.8) is 0 Å². The first-order valence-corrected chi connectivity index (χ1v) is 8.28. The number of nitrogens with zero attached hydrogens (tertiary/aromatic N) is 3. The van der Waals surface area contributed by atoms with E-state index in [4.69, 9.17) is 0 Å². The molecule has 0 saturated heterocycles. The fourth-order valence-electron chi connectivity index (χ4n) is 2.47. The molecule has 8 nitrogen and oxygen atoms in total. The standard InChI is InChI=1S/C19H17N5O3/c25-19(15-7-4-10-20-13-15)22-12-11-21-17-9-8-16(24(26)27)18(23-17)14-5-2-1-3-6-14/h1-10,13H,11-12H2,(H,21,23)(H,22,25). The molecule has 8 heteroatoms. The molecule has 0 unspecified atom stereocenters. The fourth-order valence-corrected chi connectivity index (χ4v) is 2.47. The third kappa shape index (κ3) is 4.63. The van der Waals surface area contributed by atoms with Crippen molar-refractivity contribution in [3.8, 4) is 11.3 Å². The van der Waals surface area contributed by atoms with Crippen molar-refractivity contribution in [2.24, 2.45) is 0 Å². The lowest BCUT2D eigenvalue weighted by Gasteiger charge is -2.09. The van der Waals surface area contributed by atoms with E-state index in [0.29, 0.717) is 35.7 Å². The Labute approximate surface area is 155 Å². The molecule has 0 radical (unpaired) electrons. The van der Waals surface area contributed by atoms with E-state index in [1.54, 1.807) is 48.7 Å². The lowest BCUT2D eigenvalue weighted by molar-refractivity contribution is -0.384. The number of nitrogens with one attached hydrogen (secondary N) is 2. The zero-order valence-electron chi connectivity index (χ0n) is 14.3. The van der Waals surface area contributed by atoms with Crippen molar-refractivity contribution in [3.05, 3.63) is 82.7 Å². The van der Waals surface area contributed by atoms with Crippen LogP contribution in [-0.4, -0.2) is 33.9 Å². The highest BCUT2D eigenvalue weighted by atomic mass is 16.6. The van der Waals surface area contributed by atoms with Gasteiger partial charge >= 0.3 is 0 Å². The van der Waals surface area contributed by atoms with Crippen LogP contribution in [0.25, 0.3) is 11.3 Å². The van der Waals surface area contributed by atoms with E-state index in [1.165, 1.54) is 12.3 Å². The molecule has 0 aliphatic heterocycles. The number of carbonyl (C=O) groups is 1. The van der Waals surface area contributed by atoms with Gasteiger partial charge in [0.15, 0.2) is 5.69 Å². The fraction of sp³-hybridized carbons (Fsp3) is 0.105. The highest BCUT2D eigenvalue weighted by molar-refractivity contribution is 5.93. The molecule has 0 fully saturated rings. The van der Waals surface area contributed by atoms with Crippen molar-refractivity contribution in [1.29, 1.82) is 0 Å². The van der Waals surface area contributed by atoms with Crippen molar-refractivity contribution in [2.45, 2.75) is 0 Å². The molecule has 0 aliphatic carbocycles. The quantitative estimate of drug-likeness (QED) is 0.379. The number of pyridine rings is 2. The zero-order valence-corrected chi connectivity index (χ0v) is 14.3. The average Bonchev–Trinajstić information content (AvgIpc) is 2.72. The van der Waals surface area contributed by atoms with E-state index >= 15 is 0 Å². The van der Waals surface area contributed by atoms with Crippen molar-refractivity contribution in [2.75, 3.05) is 18.4 Å². The summed E-state index contributed by atoms with van der Waals surface area (Å²) in [7, 11) is 0. The predicted molar refractivity (Wildman–Crippen MR) is 101 cm³/mol.